The van der Waals surface area contributed by atoms with Crippen molar-refractivity contribution in [2.45, 2.75) is 33.0 Å². The van der Waals surface area contributed by atoms with Gasteiger partial charge in [0, 0.05) is 20.8 Å². The van der Waals surface area contributed by atoms with E-state index in [9.17, 15) is 13.2 Å². The molecule has 0 saturated heterocycles. The van der Waals surface area contributed by atoms with E-state index in [0.717, 1.165) is 16.7 Å². The Kier molecular flexibility index (Phi) is 4.32. The van der Waals surface area contributed by atoms with Crippen molar-refractivity contribution in [2.75, 3.05) is 7.05 Å². The Bertz CT molecular complexity index is 392. The number of alkyl halides is 3. The molecule has 0 aliphatic rings. The van der Waals surface area contributed by atoms with E-state index in [1.807, 2.05) is 20.8 Å². The first-order valence-corrected chi connectivity index (χ1v) is 6.77. The van der Waals surface area contributed by atoms with E-state index < -0.39 is 11.7 Å². The van der Waals surface area contributed by atoms with Gasteiger partial charge < -0.3 is 5.32 Å². The van der Waals surface area contributed by atoms with Crippen LogP contribution < -0.4 is 5.32 Å². The van der Waals surface area contributed by atoms with E-state index >= 15 is 0 Å². The first-order valence-electron chi connectivity index (χ1n) is 5.10. The van der Waals surface area contributed by atoms with Crippen LogP contribution in [0.15, 0.2) is 9.85 Å². The van der Waals surface area contributed by atoms with Gasteiger partial charge in [-0.3, -0.25) is 0 Å². The van der Waals surface area contributed by atoms with Crippen LogP contribution in [-0.4, -0.2) is 7.05 Å². The quantitative estimate of drug-likeness (QED) is 0.818. The second-order valence-corrected chi connectivity index (χ2v) is 6.62. The molecule has 1 N–H and O–H groups in total. The minimum absolute atomic E-state index is 0.113. The van der Waals surface area contributed by atoms with Gasteiger partial charge in [0.1, 0.15) is 0 Å². The zero-order chi connectivity index (χ0) is 13.4. The lowest BCUT2D eigenvalue weighted by Crippen LogP contribution is -2.29. The number of halogens is 4. The minimum Gasteiger partial charge on any atom is -0.312 e. The second kappa shape index (κ2) is 4.90. The second-order valence-electron chi connectivity index (χ2n) is 4.91. The Morgan fingerprint density at radius 2 is 1.82 bits per heavy atom. The van der Waals surface area contributed by atoms with Crippen LogP contribution in [0.5, 0.6) is 0 Å². The van der Waals surface area contributed by atoms with Crippen LogP contribution in [0, 0.1) is 5.41 Å². The van der Waals surface area contributed by atoms with E-state index in [1.165, 1.54) is 0 Å². The first-order chi connectivity index (χ1) is 7.59. The Morgan fingerprint density at radius 3 is 2.12 bits per heavy atom. The number of nitrogens with one attached hydrogen (secondary N) is 1. The van der Waals surface area contributed by atoms with Gasteiger partial charge in [-0.15, -0.1) is 11.3 Å². The van der Waals surface area contributed by atoms with Gasteiger partial charge in [-0.2, -0.15) is 13.2 Å². The topological polar surface area (TPSA) is 12.0 Å². The Morgan fingerprint density at radius 1 is 1.29 bits per heavy atom. The van der Waals surface area contributed by atoms with Crippen LogP contribution in [0.2, 0.25) is 0 Å². The van der Waals surface area contributed by atoms with Crippen molar-refractivity contribution >= 4 is 27.3 Å². The summed E-state index contributed by atoms with van der Waals surface area (Å²) in [4.78, 5) is 0.687. The highest BCUT2D eigenvalue weighted by atomic mass is 79.9. The standard InChI is InChI=1S/C11H15BrF3NS/c1-10(2,3)9(16-4)8-7(12)6(5-17-8)11(13,14)15/h5,9,16H,1-4H3. The van der Waals surface area contributed by atoms with E-state index in [-0.39, 0.29) is 15.9 Å². The lowest BCUT2D eigenvalue weighted by atomic mass is 9.86. The van der Waals surface area contributed by atoms with Gasteiger partial charge in [0.2, 0.25) is 0 Å². The summed E-state index contributed by atoms with van der Waals surface area (Å²) in [6, 6.07) is -0.113. The number of rotatable bonds is 2. The molecule has 1 unspecified atom stereocenters. The maximum Gasteiger partial charge on any atom is 0.418 e. The van der Waals surface area contributed by atoms with Crippen LogP contribution in [0.1, 0.15) is 37.3 Å². The molecular formula is C11H15BrF3NS. The summed E-state index contributed by atoms with van der Waals surface area (Å²) in [6.07, 6.45) is -4.30. The lowest BCUT2D eigenvalue weighted by molar-refractivity contribution is -0.137. The molecule has 0 bridgehead atoms. The molecule has 0 radical (unpaired) electrons. The van der Waals surface area contributed by atoms with Crippen molar-refractivity contribution in [3.63, 3.8) is 0 Å². The van der Waals surface area contributed by atoms with Crippen molar-refractivity contribution in [1.29, 1.82) is 0 Å². The van der Waals surface area contributed by atoms with Gasteiger partial charge in [-0.1, -0.05) is 20.8 Å². The van der Waals surface area contributed by atoms with Gasteiger partial charge in [-0.05, 0) is 28.4 Å². The summed E-state index contributed by atoms with van der Waals surface area (Å²) in [5, 5.41) is 4.24. The molecule has 1 aromatic rings. The first kappa shape index (κ1) is 15.0. The third-order valence-corrected chi connectivity index (χ3v) is 4.64. The summed E-state index contributed by atoms with van der Waals surface area (Å²) in [5.41, 5.74) is -0.743. The van der Waals surface area contributed by atoms with Crippen molar-refractivity contribution in [2.24, 2.45) is 5.41 Å². The van der Waals surface area contributed by atoms with E-state index in [0.29, 0.717) is 4.88 Å². The molecule has 17 heavy (non-hydrogen) atoms. The van der Waals surface area contributed by atoms with Crippen molar-refractivity contribution in [1.82, 2.24) is 5.32 Å². The molecule has 0 amide bonds. The highest BCUT2D eigenvalue weighted by molar-refractivity contribution is 9.10. The van der Waals surface area contributed by atoms with Crippen LogP contribution in [-0.2, 0) is 6.18 Å². The SMILES string of the molecule is CNC(c1scc(C(F)(F)F)c1Br)C(C)(C)C. The molecule has 1 atom stereocenters. The molecule has 1 nitrogen and oxygen atoms in total. The molecule has 1 heterocycles. The molecule has 0 aliphatic heterocycles. The van der Waals surface area contributed by atoms with Crippen LogP contribution >= 0.6 is 27.3 Å². The largest absolute Gasteiger partial charge is 0.418 e. The lowest BCUT2D eigenvalue weighted by Gasteiger charge is -2.30. The van der Waals surface area contributed by atoms with Gasteiger partial charge >= 0.3 is 6.18 Å². The summed E-state index contributed by atoms with van der Waals surface area (Å²) >= 11 is 4.20. The molecule has 0 aromatic carbocycles. The molecule has 6 heteroatoms. The third kappa shape index (κ3) is 3.23. The molecule has 1 aromatic heterocycles. The number of thiophene rings is 1. The molecule has 0 spiro atoms. The van der Waals surface area contributed by atoms with Crippen molar-refractivity contribution < 1.29 is 13.2 Å². The van der Waals surface area contributed by atoms with Gasteiger partial charge in [0.05, 0.1) is 5.56 Å². The van der Waals surface area contributed by atoms with Crippen LogP contribution in [0.3, 0.4) is 0 Å². The fourth-order valence-electron chi connectivity index (χ4n) is 1.70. The molecule has 1 rings (SSSR count). The van der Waals surface area contributed by atoms with Crippen LogP contribution in [0.25, 0.3) is 0 Å². The monoisotopic (exact) mass is 329 g/mol. The zero-order valence-electron chi connectivity index (χ0n) is 10.1. The van der Waals surface area contributed by atoms with E-state index in [1.54, 1.807) is 7.05 Å². The Hall–Kier alpha value is -0.0700. The average Bonchev–Trinajstić information content (AvgIpc) is 2.46. The summed E-state index contributed by atoms with van der Waals surface area (Å²) < 4.78 is 38.2. The smallest absolute Gasteiger partial charge is 0.312 e. The maximum absolute atomic E-state index is 12.7. The Labute approximate surface area is 112 Å². The average molecular weight is 330 g/mol. The molecule has 98 valence electrons. The van der Waals surface area contributed by atoms with Gasteiger partial charge in [0.25, 0.3) is 0 Å². The summed E-state index contributed by atoms with van der Waals surface area (Å²) in [7, 11) is 1.76. The van der Waals surface area contributed by atoms with E-state index in [4.69, 9.17) is 0 Å². The summed E-state index contributed by atoms with van der Waals surface area (Å²) in [5.74, 6) is 0. The van der Waals surface area contributed by atoms with Crippen molar-refractivity contribution in [3.8, 4) is 0 Å². The predicted octanol–water partition coefficient (Wildman–Crippen LogP) is 4.84. The molecular weight excluding hydrogens is 315 g/mol. The normalized spacial score (nSPS) is 15.1. The maximum atomic E-state index is 12.7. The van der Waals surface area contributed by atoms with Crippen molar-refractivity contribution in [3.05, 3.63) is 20.3 Å². The van der Waals surface area contributed by atoms with Gasteiger partial charge in [-0.25, -0.2) is 0 Å². The van der Waals surface area contributed by atoms with Gasteiger partial charge in [0.15, 0.2) is 0 Å². The molecule has 0 fully saturated rings. The molecule has 0 saturated carbocycles. The molecule has 0 aliphatic carbocycles. The predicted molar refractivity (Wildman–Crippen MR) is 68.3 cm³/mol. The summed E-state index contributed by atoms with van der Waals surface area (Å²) in [6.45, 7) is 5.98. The fraction of sp³-hybridized carbons (Fsp3) is 0.636. The minimum atomic E-state index is -4.30. The fourth-order valence-corrected chi connectivity index (χ4v) is 4.02. The number of hydrogen-bond donors (Lipinski definition) is 1. The number of hydrogen-bond acceptors (Lipinski definition) is 2. The van der Waals surface area contributed by atoms with Crippen LogP contribution in [0.4, 0.5) is 13.2 Å². The Balaban J connectivity index is 3.21. The highest BCUT2D eigenvalue weighted by Crippen LogP contribution is 2.45. The zero-order valence-corrected chi connectivity index (χ0v) is 12.5. The van der Waals surface area contributed by atoms with E-state index in [2.05, 4.69) is 21.2 Å². The third-order valence-electron chi connectivity index (χ3n) is 2.48. The highest BCUT2D eigenvalue weighted by Gasteiger charge is 2.37.